The topological polar surface area (TPSA) is 64.2 Å². The normalized spacial score (nSPS) is 10.8. The third-order valence-electron chi connectivity index (χ3n) is 2.65. The molecule has 0 bridgehead atoms. The van der Waals surface area contributed by atoms with Gasteiger partial charge in [0.2, 0.25) is 0 Å². The highest BCUT2D eigenvalue weighted by atomic mass is 79.9. The molecular weight excluding hydrogens is 310 g/mol. The summed E-state index contributed by atoms with van der Waals surface area (Å²) in [6.45, 7) is 0. The van der Waals surface area contributed by atoms with Crippen molar-refractivity contribution < 1.29 is 0 Å². The molecule has 7 heteroatoms. The molecule has 0 aliphatic heterocycles. The molecule has 3 heterocycles. The van der Waals surface area contributed by atoms with E-state index in [4.69, 9.17) is 0 Å². The molecule has 3 rings (SSSR count). The van der Waals surface area contributed by atoms with E-state index >= 15 is 0 Å². The lowest BCUT2D eigenvalue weighted by atomic mass is 10.5. The van der Waals surface area contributed by atoms with Crippen LogP contribution in [0.5, 0.6) is 0 Å². The molecule has 0 amide bonds. The zero-order chi connectivity index (χ0) is 13.4. The summed E-state index contributed by atoms with van der Waals surface area (Å²) in [5.41, 5.74) is 0.595. The summed E-state index contributed by atoms with van der Waals surface area (Å²) in [5, 5.41) is 2.94. The van der Waals surface area contributed by atoms with Crippen LogP contribution in [0.1, 0.15) is 0 Å². The van der Waals surface area contributed by atoms with Gasteiger partial charge in [-0.1, -0.05) is 6.07 Å². The van der Waals surface area contributed by atoms with Crippen molar-refractivity contribution in [2.24, 2.45) is 7.05 Å². The Kier molecular flexibility index (Phi) is 2.83. The molecule has 6 nitrogen and oxygen atoms in total. The van der Waals surface area contributed by atoms with Gasteiger partial charge in [-0.2, -0.15) is 0 Å². The van der Waals surface area contributed by atoms with Crippen molar-refractivity contribution >= 4 is 33.2 Å². The average Bonchev–Trinajstić information content (AvgIpc) is 2.77. The summed E-state index contributed by atoms with van der Waals surface area (Å²) >= 11 is 3.26. The fraction of sp³-hybridized carbons (Fsp3) is 0.0833. The number of aromatic nitrogens is 4. The van der Waals surface area contributed by atoms with Crippen LogP contribution < -0.4 is 10.9 Å². The second-order valence-electron chi connectivity index (χ2n) is 4.05. The molecule has 0 spiro atoms. The Balaban J connectivity index is 2.03. The summed E-state index contributed by atoms with van der Waals surface area (Å²) in [6, 6.07) is 5.70. The van der Waals surface area contributed by atoms with Crippen molar-refractivity contribution in [3.63, 3.8) is 0 Å². The van der Waals surface area contributed by atoms with Crippen LogP contribution in [-0.4, -0.2) is 18.9 Å². The highest BCUT2D eigenvalue weighted by Gasteiger charge is 2.08. The molecule has 0 aliphatic rings. The lowest BCUT2D eigenvalue weighted by Crippen LogP contribution is -2.21. The largest absolute Gasteiger partial charge is 0.319 e. The van der Waals surface area contributed by atoms with Crippen LogP contribution in [0.3, 0.4) is 0 Å². The van der Waals surface area contributed by atoms with Crippen molar-refractivity contribution in [1.29, 1.82) is 0 Å². The molecule has 0 atom stereocenters. The fourth-order valence-corrected chi connectivity index (χ4v) is 2.25. The van der Waals surface area contributed by atoms with Crippen molar-refractivity contribution in [1.82, 2.24) is 18.9 Å². The van der Waals surface area contributed by atoms with Crippen LogP contribution in [0, 0.1) is 0 Å². The van der Waals surface area contributed by atoms with E-state index in [0.29, 0.717) is 10.4 Å². The minimum Gasteiger partial charge on any atom is -0.319 e. The summed E-state index contributed by atoms with van der Waals surface area (Å²) in [7, 11) is 1.67. The highest BCUT2D eigenvalue weighted by Crippen LogP contribution is 2.13. The monoisotopic (exact) mass is 319 g/mol. The summed E-state index contributed by atoms with van der Waals surface area (Å²) in [6.07, 6.45) is 5.30. The number of halogens is 1. The Bertz CT molecular complexity index is 774. The smallest absolute Gasteiger partial charge is 0.293 e. The Morgan fingerprint density at radius 3 is 2.89 bits per heavy atom. The van der Waals surface area contributed by atoms with Crippen LogP contribution in [0.2, 0.25) is 0 Å². The maximum Gasteiger partial charge on any atom is 0.293 e. The average molecular weight is 320 g/mol. The van der Waals surface area contributed by atoms with Gasteiger partial charge in [-0.25, -0.2) is 9.97 Å². The van der Waals surface area contributed by atoms with Crippen LogP contribution in [0.15, 0.2) is 46.2 Å². The maximum absolute atomic E-state index is 11.9. The van der Waals surface area contributed by atoms with E-state index in [9.17, 15) is 4.79 Å². The third-order valence-corrected chi connectivity index (χ3v) is 3.03. The number of rotatable bonds is 2. The second kappa shape index (κ2) is 4.51. The van der Waals surface area contributed by atoms with E-state index in [1.54, 1.807) is 19.4 Å². The first-order chi connectivity index (χ1) is 9.13. The zero-order valence-corrected chi connectivity index (χ0v) is 11.6. The maximum atomic E-state index is 11.9. The van der Waals surface area contributed by atoms with Crippen molar-refractivity contribution in [2.75, 3.05) is 5.32 Å². The first-order valence-electron chi connectivity index (χ1n) is 5.57. The van der Waals surface area contributed by atoms with Crippen molar-refractivity contribution in [3.8, 4) is 0 Å². The quantitative estimate of drug-likeness (QED) is 0.784. The molecule has 0 saturated carbocycles. The first-order valence-corrected chi connectivity index (χ1v) is 6.37. The van der Waals surface area contributed by atoms with Crippen LogP contribution in [-0.2, 0) is 7.05 Å². The van der Waals surface area contributed by atoms with E-state index in [-0.39, 0.29) is 11.4 Å². The minimum atomic E-state index is -0.208. The van der Waals surface area contributed by atoms with Gasteiger partial charge in [0.15, 0.2) is 11.6 Å². The number of hydrogen-bond donors (Lipinski definition) is 1. The van der Waals surface area contributed by atoms with Crippen LogP contribution >= 0.6 is 15.9 Å². The summed E-state index contributed by atoms with van der Waals surface area (Å²) < 4.78 is 3.90. The van der Waals surface area contributed by atoms with Gasteiger partial charge >= 0.3 is 0 Å². The number of fused-ring (bicyclic) bond motifs is 1. The molecule has 3 aromatic heterocycles. The van der Waals surface area contributed by atoms with Gasteiger partial charge in [-0.3, -0.25) is 4.79 Å². The Labute approximate surface area is 116 Å². The minimum absolute atomic E-state index is 0.208. The van der Waals surface area contributed by atoms with Crippen molar-refractivity contribution in [2.45, 2.75) is 0 Å². The predicted molar refractivity (Wildman–Crippen MR) is 75.7 cm³/mol. The molecule has 0 unspecified atom stereocenters. The van der Waals surface area contributed by atoms with Gasteiger partial charge in [-0.15, -0.1) is 0 Å². The SMILES string of the molecule is Cn1cc(Br)nc(Nc2cn3ccccc3n2)c1=O. The number of imidazole rings is 1. The molecule has 1 N–H and O–H groups in total. The second-order valence-corrected chi connectivity index (χ2v) is 4.86. The number of nitrogens with one attached hydrogen (secondary N) is 1. The van der Waals surface area contributed by atoms with E-state index in [0.717, 1.165) is 5.65 Å². The van der Waals surface area contributed by atoms with Gasteiger partial charge in [0.1, 0.15) is 10.3 Å². The Morgan fingerprint density at radius 2 is 2.11 bits per heavy atom. The van der Waals surface area contributed by atoms with Gasteiger partial charge in [0.05, 0.1) is 6.20 Å². The predicted octanol–water partition coefficient (Wildman–Crippen LogP) is 1.93. The Morgan fingerprint density at radius 1 is 1.26 bits per heavy atom. The van der Waals surface area contributed by atoms with Crippen molar-refractivity contribution in [3.05, 3.63) is 51.7 Å². The van der Waals surface area contributed by atoms with Gasteiger partial charge < -0.3 is 14.3 Å². The Hall–Kier alpha value is -2.15. The lowest BCUT2D eigenvalue weighted by molar-refractivity contribution is 0.837. The van der Waals surface area contributed by atoms with Gasteiger partial charge in [0.25, 0.3) is 5.56 Å². The zero-order valence-electron chi connectivity index (χ0n) is 10.0. The van der Waals surface area contributed by atoms with E-state index in [2.05, 4.69) is 31.2 Å². The van der Waals surface area contributed by atoms with Crippen LogP contribution in [0.25, 0.3) is 5.65 Å². The number of anilines is 2. The van der Waals surface area contributed by atoms with Gasteiger partial charge in [0, 0.05) is 19.4 Å². The number of hydrogen-bond acceptors (Lipinski definition) is 4. The molecule has 0 saturated heterocycles. The number of nitrogens with zero attached hydrogens (tertiary/aromatic N) is 4. The standard InChI is InChI=1S/C12H10BrN5O/c1-17-6-8(13)14-11(12(17)19)16-9-7-18-5-3-2-4-10(18)15-9/h2-7H,1H3,(H,14,16). The fourth-order valence-electron chi connectivity index (χ4n) is 1.77. The molecule has 0 aliphatic carbocycles. The molecule has 96 valence electrons. The molecule has 0 radical (unpaired) electrons. The van der Waals surface area contributed by atoms with E-state index in [1.807, 2.05) is 28.8 Å². The number of pyridine rings is 1. The molecular formula is C12H10BrN5O. The van der Waals surface area contributed by atoms with Gasteiger partial charge in [-0.05, 0) is 28.1 Å². The summed E-state index contributed by atoms with van der Waals surface area (Å²) in [5.74, 6) is 0.814. The third kappa shape index (κ3) is 2.24. The molecule has 19 heavy (non-hydrogen) atoms. The first kappa shape index (κ1) is 11.9. The highest BCUT2D eigenvalue weighted by molar-refractivity contribution is 9.10. The molecule has 0 fully saturated rings. The lowest BCUT2D eigenvalue weighted by Gasteiger charge is -2.04. The van der Waals surface area contributed by atoms with Crippen LogP contribution in [0.4, 0.5) is 11.6 Å². The number of aryl methyl sites for hydroxylation is 1. The molecule has 0 aromatic carbocycles. The summed E-state index contributed by atoms with van der Waals surface area (Å²) in [4.78, 5) is 20.4. The van der Waals surface area contributed by atoms with E-state index in [1.165, 1.54) is 4.57 Å². The van der Waals surface area contributed by atoms with E-state index < -0.39 is 0 Å². The molecule has 3 aromatic rings.